The Bertz CT molecular complexity index is 333. The van der Waals surface area contributed by atoms with E-state index >= 15 is 0 Å². The fourth-order valence-electron chi connectivity index (χ4n) is 5.28. The first-order chi connectivity index (χ1) is 9.58. The van der Waals surface area contributed by atoms with Gasteiger partial charge in [0.05, 0.1) is 13.0 Å². The molecule has 4 heteroatoms. The Morgan fingerprint density at radius 3 is 2.25 bits per heavy atom. The van der Waals surface area contributed by atoms with Gasteiger partial charge in [-0.1, -0.05) is 0 Å². The lowest BCUT2D eigenvalue weighted by molar-refractivity contribution is -0.180. The first-order valence-electron chi connectivity index (χ1n) is 7.95. The van der Waals surface area contributed by atoms with Crippen LogP contribution in [-0.4, -0.2) is 24.7 Å². The van der Waals surface area contributed by atoms with Crippen molar-refractivity contribution in [3.63, 3.8) is 0 Å². The SMILES string of the molecule is CC(OCCCl)OC(=O)CC12CC3CC(CC(C3)C1)C2. The standard InChI is InChI=1S/C16H25ClO3/c1-11(19-3-2-17)20-15(18)10-16-7-12-4-13(8-16)6-14(5-12)9-16/h11-14H,2-10H2,1H3. The third-order valence-electron chi connectivity index (χ3n) is 5.41. The molecule has 0 amide bonds. The molecule has 0 aromatic heterocycles. The number of rotatable bonds is 6. The van der Waals surface area contributed by atoms with Crippen molar-refractivity contribution in [1.29, 1.82) is 0 Å². The third-order valence-corrected chi connectivity index (χ3v) is 5.57. The molecule has 1 atom stereocenters. The van der Waals surface area contributed by atoms with Crippen molar-refractivity contribution < 1.29 is 14.3 Å². The maximum atomic E-state index is 12.2. The molecule has 4 fully saturated rings. The summed E-state index contributed by atoms with van der Waals surface area (Å²) < 4.78 is 10.7. The summed E-state index contributed by atoms with van der Waals surface area (Å²) in [5.41, 5.74) is 0.248. The zero-order valence-corrected chi connectivity index (χ0v) is 13.0. The molecule has 4 aliphatic carbocycles. The third kappa shape index (κ3) is 3.14. The molecule has 3 nitrogen and oxygen atoms in total. The minimum atomic E-state index is -0.477. The number of alkyl halides is 1. The lowest BCUT2D eigenvalue weighted by Crippen LogP contribution is -2.47. The molecule has 0 aliphatic heterocycles. The summed E-state index contributed by atoms with van der Waals surface area (Å²) in [5, 5.41) is 0. The van der Waals surface area contributed by atoms with E-state index in [0.29, 0.717) is 18.9 Å². The predicted molar refractivity (Wildman–Crippen MR) is 77.4 cm³/mol. The van der Waals surface area contributed by atoms with Gasteiger partial charge in [0.2, 0.25) is 0 Å². The number of halogens is 1. The molecule has 0 spiro atoms. The van der Waals surface area contributed by atoms with Crippen LogP contribution in [0.25, 0.3) is 0 Å². The van der Waals surface area contributed by atoms with Crippen molar-refractivity contribution in [2.24, 2.45) is 23.2 Å². The van der Waals surface area contributed by atoms with Crippen molar-refractivity contribution in [3.05, 3.63) is 0 Å². The fraction of sp³-hybridized carbons (Fsp3) is 0.938. The highest BCUT2D eigenvalue weighted by atomic mass is 35.5. The average molecular weight is 301 g/mol. The quantitative estimate of drug-likeness (QED) is 0.426. The molecule has 4 bridgehead atoms. The van der Waals surface area contributed by atoms with Crippen molar-refractivity contribution in [2.45, 2.75) is 58.2 Å². The topological polar surface area (TPSA) is 35.5 Å². The van der Waals surface area contributed by atoms with Gasteiger partial charge in [0.15, 0.2) is 6.29 Å². The summed E-state index contributed by atoms with van der Waals surface area (Å²) in [6.45, 7) is 2.19. The van der Waals surface area contributed by atoms with E-state index in [0.717, 1.165) is 17.8 Å². The summed E-state index contributed by atoms with van der Waals surface area (Å²) in [6, 6.07) is 0. The van der Waals surface area contributed by atoms with Crippen LogP contribution in [0.2, 0.25) is 0 Å². The molecule has 4 aliphatic rings. The summed E-state index contributed by atoms with van der Waals surface area (Å²) in [5.74, 6) is 2.96. The van der Waals surface area contributed by atoms with Gasteiger partial charge >= 0.3 is 5.97 Å². The molecule has 114 valence electrons. The fourth-order valence-corrected chi connectivity index (χ4v) is 5.37. The van der Waals surface area contributed by atoms with E-state index in [2.05, 4.69) is 0 Å². The number of hydrogen-bond acceptors (Lipinski definition) is 3. The van der Waals surface area contributed by atoms with Crippen LogP contribution in [-0.2, 0) is 14.3 Å². The second kappa shape index (κ2) is 5.84. The average Bonchev–Trinajstić information content (AvgIpc) is 2.33. The second-order valence-corrected chi connectivity index (χ2v) is 7.59. The van der Waals surface area contributed by atoms with E-state index < -0.39 is 6.29 Å². The van der Waals surface area contributed by atoms with Crippen molar-refractivity contribution in [2.75, 3.05) is 12.5 Å². The Kier molecular flexibility index (Phi) is 4.28. The maximum Gasteiger partial charge on any atom is 0.308 e. The van der Waals surface area contributed by atoms with Gasteiger partial charge in [-0.3, -0.25) is 4.79 Å². The Labute approximate surface area is 126 Å². The normalized spacial score (nSPS) is 39.8. The van der Waals surface area contributed by atoms with Crippen LogP contribution in [0.4, 0.5) is 0 Å². The van der Waals surface area contributed by atoms with Crippen LogP contribution in [0.15, 0.2) is 0 Å². The minimum absolute atomic E-state index is 0.0889. The minimum Gasteiger partial charge on any atom is -0.436 e. The highest BCUT2D eigenvalue weighted by Gasteiger charge is 2.51. The lowest BCUT2D eigenvalue weighted by Gasteiger charge is -2.56. The lowest BCUT2D eigenvalue weighted by atomic mass is 9.49. The van der Waals surface area contributed by atoms with E-state index in [1.54, 1.807) is 6.92 Å². The van der Waals surface area contributed by atoms with Gasteiger partial charge < -0.3 is 9.47 Å². The van der Waals surface area contributed by atoms with Crippen LogP contribution in [0.3, 0.4) is 0 Å². The molecule has 0 aromatic carbocycles. The van der Waals surface area contributed by atoms with Crippen molar-refractivity contribution >= 4 is 17.6 Å². The number of ether oxygens (including phenoxy) is 2. The summed E-state index contributed by atoms with van der Waals surface area (Å²) in [6.07, 6.45) is 8.05. The van der Waals surface area contributed by atoms with Gasteiger partial charge in [0.25, 0.3) is 0 Å². The molecule has 1 unspecified atom stereocenters. The molecular formula is C16H25ClO3. The van der Waals surface area contributed by atoms with Crippen LogP contribution in [0.5, 0.6) is 0 Å². The van der Waals surface area contributed by atoms with E-state index in [4.69, 9.17) is 21.1 Å². The first kappa shape index (κ1) is 14.6. The Morgan fingerprint density at radius 2 is 1.75 bits per heavy atom. The Hall–Kier alpha value is -0.280. The van der Waals surface area contributed by atoms with E-state index in [1.165, 1.54) is 38.5 Å². The van der Waals surface area contributed by atoms with Gasteiger partial charge in [-0.05, 0) is 68.6 Å². The van der Waals surface area contributed by atoms with Crippen molar-refractivity contribution in [1.82, 2.24) is 0 Å². The highest BCUT2D eigenvalue weighted by molar-refractivity contribution is 6.17. The Morgan fingerprint density at radius 1 is 1.20 bits per heavy atom. The summed E-state index contributed by atoms with van der Waals surface area (Å²) in [7, 11) is 0. The zero-order chi connectivity index (χ0) is 14.2. The van der Waals surface area contributed by atoms with E-state index in [1.807, 2.05) is 0 Å². The van der Waals surface area contributed by atoms with Crippen LogP contribution in [0.1, 0.15) is 51.9 Å². The zero-order valence-electron chi connectivity index (χ0n) is 12.3. The maximum absolute atomic E-state index is 12.2. The first-order valence-corrected chi connectivity index (χ1v) is 8.49. The largest absolute Gasteiger partial charge is 0.436 e. The molecule has 0 aromatic rings. The molecule has 4 saturated carbocycles. The van der Waals surface area contributed by atoms with Crippen LogP contribution in [0, 0.1) is 23.2 Å². The second-order valence-electron chi connectivity index (χ2n) is 7.21. The van der Waals surface area contributed by atoms with Crippen LogP contribution < -0.4 is 0 Å². The smallest absolute Gasteiger partial charge is 0.308 e. The van der Waals surface area contributed by atoms with Gasteiger partial charge in [-0.2, -0.15) is 0 Å². The molecule has 4 rings (SSSR count). The number of hydrogen-bond donors (Lipinski definition) is 0. The van der Waals surface area contributed by atoms with Gasteiger partial charge in [0.1, 0.15) is 0 Å². The molecule has 20 heavy (non-hydrogen) atoms. The van der Waals surface area contributed by atoms with Crippen molar-refractivity contribution in [3.8, 4) is 0 Å². The molecule has 0 radical (unpaired) electrons. The van der Waals surface area contributed by atoms with Gasteiger partial charge in [-0.25, -0.2) is 0 Å². The monoisotopic (exact) mass is 300 g/mol. The summed E-state index contributed by atoms with van der Waals surface area (Å²) >= 11 is 5.56. The highest BCUT2D eigenvalue weighted by Crippen LogP contribution is 2.61. The van der Waals surface area contributed by atoms with E-state index in [-0.39, 0.29) is 11.4 Å². The molecular weight excluding hydrogens is 276 g/mol. The number of carbonyl (C=O) groups is 1. The van der Waals surface area contributed by atoms with Gasteiger partial charge in [-0.15, -0.1) is 11.6 Å². The molecule has 0 saturated heterocycles. The Balaban J connectivity index is 1.53. The number of esters is 1. The number of carbonyl (C=O) groups excluding carboxylic acids is 1. The summed E-state index contributed by atoms with van der Waals surface area (Å²) in [4.78, 5) is 12.2. The molecule has 0 N–H and O–H groups in total. The van der Waals surface area contributed by atoms with Gasteiger partial charge in [0, 0.05) is 5.88 Å². The van der Waals surface area contributed by atoms with E-state index in [9.17, 15) is 4.79 Å². The molecule has 0 heterocycles. The van der Waals surface area contributed by atoms with Crippen LogP contribution >= 0.6 is 11.6 Å². The predicted octanol–water partition coefficient (Wildman–Crippen LogP) is 3.74.